The van der Waals surface area contributed by atoms with Crippen LogP contribution in [0.3, 0.4) is 0 Å². The summed E-state index contributed by atoms with van der Waals surface area (Å²) in [5.74, 6) is 2.51. The minimum atomic E-state index is -0.592. The molecule has 78 valence electrons. The third-order valence-corrected chi connectivity index (χ3v) is 1.74. The fourth-order valence-corrected chi connectivity index (χ4v) is 1.02. The number of anilines is 1. The van der Waals surface area contributed by atoms with E-state index in [1.807, 2.05) is 6.92 Å². The Bertz CT molecular complexity index is 379. The fraction of sp³-hybridized carbons (Fsp3) is 0.300. The summed E-state index contributed by atoms with van der Waals surface area (Å²) in [7, 11) is 0. The number of hydrogen-bond donors (Lipinski definition) is 2. The summed E-state index contributed by atoms with van der Waals surface area (Å²) >= 11 is 0. The van der Waals surface area contributed by atoms with Gasteiger partial charge in [0.2, 0.25) is 0 Å². The third-order valence-electron chi connectivity index (χ3n) is 1.74. The zero-order valence-corrected chi connectivity index (χ0v) is 8.40. The van der Waals surface area contributed by atoms with Gasteiger partial charge in [-0.05, 0) is 19.1 Å². The van der Waals surface area contributed by atoms with Crippen molar-refractivity contribution in [1.29, 1.82) is 0 Å². The maximum absolute atomic E-state index is 10.7. The molecule has 1 heterocycles. The van der Waals surface area contributed by atoms with E-state index in [0.717, 1.165) is 0 Å². The van der Waals surface area contributed by atoms with Gasteiger partial charge in [-0.1, -0.05) is 0 Å². The summed E-state index contributed by atoms with van der Waals surface area (Å²) in [6.45, 7) is 1.93. The molecule has 0 radical (unpaired) electrons. The van der Waals surface area contributed by atoms with Crippen LogP contribution < -0.4 is 11.1 Å². The largest absolute Gasteiger partial charge is 0.365 e. The van der Waals surface area contributed by atoms with E-state index in [0.29, 0.717) is 12.2 Å². The molecule has 5 nitrogen and oxygen atoms in total. The van der Waals surface area contributed by atoms with Crippen molar-refractivity contribution in [3.05, 3.63) is 17.8 Å². The lowest BCUT2D eigenvalue weighted by Gasteiger charge is -2.10. The normalized spacial score (nSPS) is 11.5. The van der Waals surface area contributed by atoms with Gasteiger partial charge < -0.3 is 11.1 Å². The molecule has 15 heavy (non-hydrogen) atoms. The number of nitrogens with zero attached hydrogens (tertiary/aromatic N) is 2. The zero-order valence-electron chi connectivity index (χ0n) is 8.40. The van der Waals surface area contributed by atoms with E-state index in [-0.39, 0.29) is 11.7 Å². The van der Waals surface area contributed by atoms with Crippen molar-refractivity contribution in [1.82, 2.24) is 10.2 Å². The molecule has 0 fully saturated rings. The van der Waals surface area contributed by atoms with Crippen molar-refractivity contribution < 1.29 is 4.79 Å². The Morgan fingerprint density at radius 2 is 2.40 bits per heavy atom. The molecule has 1 aromatic rings. The highest BCUT2D eigenvalue weighted by molar-refractivity contribution is 5.90. The van der Waals surface area contributed by atoms with Crippen LogP contribution in [0.25, 0.3) is 0 Å². The highest BCUT2D eigenvalue weighted by atomic mass is 16.1. The number of nitrogens with two attached hydrogens (primary N) is 1. The molecule has 0 aromatic carbocycles. The van der Waals surface area contributed by atoms with E-state index >= 15 is 0 Å². The van der Waals surface area contributed by atoms with Crippen molar-refractivity contribution in [2.45, 2.75) is 19.4 Å². The van der Waals surface area contributed by atoms with Crippen LogP contribution in [0.2, 0.25) is 0 Å². The molecule has 3 N–H and O–H groups in total. The summed E-state index contributed by atoms with van der Waals surface area (Å²) in [6, 6.07) is 3.27. The topological polar surface area (TPSA) is 80.9 Å². The van der Waals surface area contributed by atoms with Gasteiger partial charge in [-0.25, -0.2) is 0 Å². The Morgan fingerprint density at radius 1 is 1.67 bits per heavy atom. The number of carbonyl (C=O) groups excluding carboxylic acids is 1. The Kier molecular flexibility index (Phi) is 3.63. The van der Waals surface area contributed by atoms with Crippen molar-refractivity contribution in [3.8, 4) is 12.3 Å². The minimum Gasteiger partial charge on any atom is -0.365 e. The SMILES string of the molecule is C#CCC(C)Nc1ccc(C(N)=O)nn1. The molecule has 0 aliphatic rings. The number of amides is 1. The zero-order chi connectivity index (χ0) is 11.3. The molecule has 1 rings (SSSR count). The van der Waals surface area contributed by atoms with E-state index in [1.54, 1.807) is 6.07 Å². The number of hydrogen-bond acceptors (Lipinski definition) is 4. The molecule has 1 amide bonds. The van der Waals surface area contributed by atoms with Gasteiger partial charge in [0.05, 0.1) is 0 Å². The van der Waals surface area contributed by atoms with Gasteiger partial charge in [0.15, 0.2) is 5.69 Å². The third kappa shape index (κ3) is 3.27. The van der Waals surface area contributed by atoms with Crippen LogP contribution in [0.4, 0.5) is 5.82 Å². The van der Waals surface area contributed by atoms with Crippen LogP contribution in [-0.2, 0) is 0 Å². The Labute approximate surface area is 88.1 Å². The summed E-state index contributed by atoms with van der Waals surface area (Å²) in [4.78, 5) is 10.7. The van der Waals surface area contributed by atoms with Crippen LogP contribution in [0.15, 0.2) is 12.1 Å². The Morgan fingerprint density at radius 3 is 2.87 bits per heavy atom. The number of aromatic nitrogens is 2. The number of rotatable bonds is 4. The molecule has 1 atom stereocenters. The lowest BCUT2D eigenvalue weighted by atomic mass is 10.2. The van der Waals surface area contributed by atoms with E-state index in [9.17, 15) is 4.79 Å². The molecule has 5 heteroatoms. The van der Waals surface area contributed by atoms with Crippen molar-refractivity contribution in [2.75, 3.05) is 5.32 Å². The van der Waals surface area contributed by atoms with Gasteiger partial charge >= 0.3 is 0 Å². The van der Waals surface area contributed by atoms with Gasteiger partial charge in [0, 0.05) is 12.5 Å². The average molecular weight is 204 g/mol. The predicted octanol–water partition coefficient (Wildman–Crippen LogP) is 0.399. The van der Waals surface area contributed by atoms with Gasteiger partial charge in [-0.3, -0.25) is 4.79 Å². The maximum Gasteiger partial charge on any atom is 0.269 e. The Hall–Kier alpha value is -2.09. The van der Waals surface area contributed by atoms with E-state index in [1.165, 1.54) is 6.07 Å². The molecular weight excluding hydrogens is 192 g/mol. The summed E-state index contributed by atoms with van der Waals surface area (Å²) in [5.41, 5.74) is 5.17. The molecule has 1 unspecified atom stereocenters. The summed E-state index contributed by atoms with van der Waals surface area (Å²) < 4.78 is 0. The fourth-order valence-electron chi connectivity index (χ4n) is 1.02. The van der Waals surface area contributed by atoms with Crippen molar-refractivity contribution in [2.24, 2.45) is 5.73 Å². The van der Waals surface area contributed by atoms with Crippen LogP contribution >= 0.6 is 0 Å². The maximum atomic E-state index is 10.7. The van der Waals surface area contributed by atoms with Gasteiger partial charge in [-0.15, -0.1) is 22.5 Å². The minimum absolute atomic E-state index is 0.115. The van der Waals surface area contributed by atoms with Crippen LogP contribution in [0.5, 0.6) is 0 Å². The second-order valence-corrected chi connectivity index (χ2v) is 3.12. The number of primary amides is 1. The second-order valence-electron chi connectivity index (χ2n) is 3.12. The first kappa shape index (κ1) is 11.0. The van der Waals surface area contributed by atoms with Crippen LogP contribution in [0, 0.1) is 12.3 Å². The van der Waals surface area contributed by atoms with E-state index in [4.69, 9.17) is 12.2 Å². The predicted molar refractivity (Wildman–Crippen MR) is 57.1 cm³/mol. The second kappa shape index (κ2) is 4.96. The molecule has 0 aliphatic heterocycles. The van der Waals surface area contributed by atoms with Gasteiger partial charge in [-0.2, -0.15) is 0 Å². The number of terminal acetylenes is 1. The monoisotopic (exact) mass is 204 g/mol. The molecule has 0 saturated carbocycles. The quantitative estimate of drug-likeness (QED) is 0.695. The number of nitrogens with one attached hydrogen (secondary N) is 1. The molecule has 0 aliphatic carbocycles. The highest BCUT2D eigenvalue weighted by Crippen LogP contribution is 2.04. The smallest absolute Gasteiger partial charge is 0.269 e. The average Bonchev–Trinajstić information content (AvgIpc) is 2.18. The highest BCUT2D eigenvalue weighted by Gasteiger charge is 2.04. The molecule has 0 bridgehead atoms. The lowest BCUT2D eigenvalue weighted by Crippen LogP contribution is -2.17. The van der Waals surface area contributed by atoms with Crippen molar-refractivity contribution >= 4 is 11.7 Å². The first-order valence-corrected chi connectivity index (χ1v) is 4.47. The van der Waals surface area contributed by atoms with Gasteiger partial charge in [0.1, 0.15) is 5.82 Å². The first-order chi connectivity index (χ1) is 7.13. The molecule has 1 aromatic heterocycles. The van der Waals surface area contributed by atoms with E-state index in [2.05, 4.69) is 21.4 Å². The van der Waals surface area contributed by atoms with Crippen LogP contribution in [-0.4, -0.2) is 22.1 Å². The number of carbonyl (C=O) groups is 1. The summed E-state index contributed by atoms with van der Waals surface area (Å²) in [5, 5.41) is 10.5. The first-order valence-electron chi connectivity index (χ1n) is 4.47. The summed E-state index contributed by atoms with van der Waals surface area (Å²) in [6.07, 6.45) is 5.76. The van der Waals surface area contributed by atoms with E-state index < -0.39 is 5.91 Å². The van der Waals surface area contributed by atoms with Crippen molar-refractivity contribution in [3.63, 3.8) is 0 Å². The lowest BCUT2D eigenvalue weighted by molar-refractivity contribution is 0.0994. The molecule has 0 spiro atoms. The van der Waals surface area contributed by atoms with Crippen LogP contribution in [0.1, 0.15) is 23.8 Å². The Balaban J connectivity index is 2.65. The molecule has 0 saturated heterocycles. The standard InChI is InChI=1S/C10H12N4O/c1-3-4-7(2)12-9-6-5-8(10(11)15)13-14-9/h1,5-7H,4H2,2H3,(H2,11,15)(H,12,14). The van der Waals surface area contributed by atoms with Gasteiger partial charge in [0.25, 0.3) is 5.91 Å². The molecular formula is C10H12N4O.